The average molecular weight is 361 g/mol. The van der Waals surface area contributed by atoms with E-state index in [1.807, 2.05) is 0 Å². The second kappa shape index (κ2) is 7.62. The number of nitrogen functional groups attached to an aromatic ring is 1. The number of benzene rings is 1. The number of anilines is 2. The molecule has 10 heteroatoms. The van der Waals surface area contributed by atoms with Crippen LogP contribution in [-0.2, 0) is 0 Å². The molecule has 4 N–H and O–H groups in total. The Kier molecular flexibility index (Phi) is 5.55. The second-order valence-corrected chi connectivity index (χ2v) is 5.90. The molecule has 130 valence electrons. The normalized spacial score (nSPS) is 10.3. The SMILES string of the molecule is C=CCSc1nc(N)c(NC(=O)c2cccc([N+](=O)[O-])c2C)c(=O)[nH]1. The molecule has 0 unspecified atom stereocenters. The van der Waals surface area contributed by atoms with Crippen molar-refractivity contribution in [2.45, 2.75) is 12.1 Å². The van der Waals surface area contributed by atoms with Crippen molar-refractivity contribution in [3.8, 4) is 0 Å². The van der Waals surface area contributed by atoms with Gasteiger partial charge in [-0.1, -0.05) is 23.9 Å². The molecule has 9 nitrogen and oxygen atoms in total. The van der Waals surface area contributed by atoms with Gasteiger partial charge in [0, 0.05) is 22.9 Å². The van der Waals surface area contributed by atoms with Crippen LogP contribution in [0.15, 0.2) is 40.8 Å². The Morgan fingerprint density at radius 1 is 1.56 bits per heavy atom. The van der Waals surface area contributed by atoms with Gasteiger partial charge in [-0.3, -0.25) is 24.7 Å². The van der Waals surface area contributed by atoms with Gasteiger partial charge in [0.25, 0.3) is 17.2 Å². The molecule has 0 saturated carbocycles. The quantitative estimate of drug-likeness (QED) is 0.235. The van der Waals surface area contributed by atoms with E-state index in [2.05, 4.69) is 21.9 Å². The summed E-state index contributed by atoms with van der Waals surface area (Å²) in [6.07, 6.45) is 1.64. The van der Waals surface area contributed by atoms with Crippen LogP contribution in [0, 0.1) is 17.0 Å². The zero-order chi connectivity index (χ0) is 18.6. The van der Waals surface area contributed by atoms with E-state index < -0.39 is 16.4 Å². The maximum Gasteiger partial charge on any atom is 0.277 e. The summed E-state index contributed by atoms with van der Waals surface area (Å²) in [5.74, 6) is -0.306. The summed E-state index contributed by atoms with van der Waals surface area (Å²) in [5, 5.41) is 13.6. The van der Waals surface area contributed by atoms with E-state index in [1.165, 1.54) is 36.9 Å². The number of carbonyl (C=O) groups is 1. The Balaban J connectivity index is 2.33. The van der Waals surface area contributed by atoms with Crippen LogP contribution < -0.4 is 16.6 Å². The maximum absolute atomic E-state index is 12.4. The van der Waals surface area contributed by atoms with Crippen LogP contribution in [-0.4, -0.2) is 26.6 Å². The predicted molar refractivity (Wildman–Crippen MR) is 96.0 cm³/mol. The molecule has 25 heavy (non-hydrogen) atoms. The van der Waals surface area contributed by atoms with Gasteiger partial charge in [-0.25, -0.2) is 4.98 Å². The molecule has 1 amide bonds. The Labute approximate surface area is 146 Å². The van der Waals surface area contributed by atoms with Crippen LogP contribution in [0.2, 0.25) is 0 Å². The number of aromatic amines is 1. The Morgan fingerprint density at radius 3 is 2.88 bits per heavy atom. The van der Waals surface area contributed by atoms with Crippen molar-refractivity contribution in [1.29, 1.82) is 0 Å². The number of nitrogens with zero attached hydrogens (tertiary/aromatic N) is 2. The molecule has 1 aromatic carbocycles. The first-order valence-corrected chi connectivity index (χ1v) is 8.02. The lowest BCUT2D eigenvalue weighted by atomic mass is 10.1. The maximum atomic E-state index is 12.4. The van der Waals surface area contributed by atoms with Crippen molar-refractivity contribution in [3.05, 3.63) is 62.4 Å². The molecular formula is C15H15N5O4S. The standard InChI is InChI=1S/C15H15N5O4S/c1-3-7-25-15-18-12(16)11(14(22)19-15)17-13(21)9-5-4-6-10(8(9)2)20(23)24/h3-6H,1,7H2,2H3,(H,17,21)(H3,16,18,19,22). The average Bonchev–Trinajstić information content (AvgIpc) is 2.56. The van der Waals surface area contributed by atoms with Crippen molar-refractivity contribution < 1.29 is 9.72 Å². The van der Waals surface area contributed by atoms with E-state index in [0.717, 1.165) is 0 Å². The molecule has 0 aliphatic rings. The van der Waals surface area contributed by atoms with E-state index in [4.69, 9.17) is 5.73 Å². The van der Waals surface area contributed by atoms with Crippen molar-refractivity contribution in [2.75, 3.05) is 16.8 Å². The lowest BCUT2D eigenvalue weighted by Gasteiger charge is -2.09. The number of hydrogen-bond donors (Lipinski definition) is 3. The molecular weight excluding hydrogens is 346 g/mol. The van der Waals surface area contributed by atoms with Crippen LogP contribution in [0.25, 0.3) is 0 Å². The molecule has 2 aromatic rings. The van der Waals surface area contributed by atoms with Gasteiger partial charge >= 0.3 is 0 Å². The molecule has 0 aliphatic carbocycles. The molecule has 2 rings (SSSR count). The lowest BCUT2D eigenvalue weighted by molar-refractivity contribution is -0.385. The van der Waals surface area contributed by atoms with Crippen LogP contribution in [0.5, 0.6) is 0 Å². The predicted octanol–water partition coefficient (Wildman–Crippen LogP) is 2.10. The summed E-state index contributed by atoms with van der Waals surface area (Å²) in [6.45, 7) is 5.01. The smallest absolute Gasteiger partial charge is 0.277 e. The van der Waals surface area contributed by atoms with E-state index in [-0.39, 0.29) is 28.3 Å². The summed E-state index contributed by atoms with van der Waals surface area (Å²) in [6, 6.07) is 4.10. The van der Waals surface area contributed by atoms with E-state index in [1.54, 1.807) is 6.08 Å². The number of hydrogen-bond acceptors (Lipinski definition) is 7. The van der Waals surface area contributed by atoms with E-state index in [9.17, 15) is 19.7 Å². The third-order valence-electron chi connectivity index (χ3n) is 3.25. The van der Waals surface area contributed by atoms with Gasteiger partial charge in [0.15, 0.2) is 11.0 Å². The number of nitro benzene ring substituents is 1. The number of aromatic nitrogens is 2. The van der Waals surface area contributed by atoms with Crippen molar-refractivity contribution in [2.24, 2.45) is 0 Å². The highest BCUT2D eigenvalue weighted by Gasteiger charge is 2.20. The zero-order valence-electron chi connectivity index (χ0n) is 13.2. The number of amides is 1. The highest BCUT2D eigenvalue weighted by molar-refractivity contribution is 7.99. The molecule has 0 saturated heterocycles. The minimum atomic E-state index is -0.688. The van der Waals surface area contributed by atoms with Gasteiger partial charge in [0.2, 0.25) is 0 Å². The fourth-order valence-electron chi connectivity index (χ4n) is 2.04. The molecule has 0 radical (unpaired) electrons. The monoisotopic (exact) mass is 361 g/mol. The van der Waals surface area contributed by atoms with Gasteiger partial charge in [0.05, 0.1) is 4.92 Å². The second-order valence-electron chi connectivity index (χ2n) is 4.89. The van der Waals surface area contributed by atoms with Gasteiger partial charge in [-0.15, -0.1) is 6.58 Å². The van der Waals surface area contributed by atoms with Gasteiger partial charge in [-0.2, -0.15) is 0 Å². The molecule has 1 heterocycles. The van der Waals surface area contributed by atoms with Gasteiger partial charge < -0.3 is 11.1 Å². The largest absolute Gasteiger partial charge is 0.382 e. The molecule has 0 bridgehead atoms. The Hall–Kier alpha value is -3.14. The number of thioether (sulfide) groups is 1. The van der Waals surface area contributed by atoms with E-state index in [0.29, 0.717) is 10.9 Å². The minimum absolute atomic E-state index is 0.0677. The minimum Gasteiger partial charge on any atom is -0.382 e. The Morgan fingerprint density at radius 2 is 2.28 bits per heavy atom. The fraction of sp³-hybridized carbons (Fsp3) is 0.133. The van der Waals surface area contributed by atoms with Crippen LogP contribution in [0.1, 0.15) is 15.9 Å². The summed E-state index contributed by atoms with van der Waals surface area (Å²) in [5.41, 5.74) is 4.98. The summed E-state index contributed by atoms with van der Waals surface area (Å²) in [7, 11) is 0. The van der Waals surface area contributed by atoms with Crippen LogP contribution in [0.4, 0.5) is 17.2 Å². The molecule has 0 atom stereocenters. The first-order valence-electron chi connectivity index (χ1n) is 7.04. The summed E-state index contributed by atoms with van der Waals surface area (Å²) >= 11 is 1.23. The zero-order valence-corrected chi connectivity index (χ0v) is 14.1. The highest BCUT2D eigenvalue weighted by atomic mass is 32.2. The van der Waals surface area contributed by atoms with Gasteiger partial charge in [0.1, 0.15) is 5.69 Å². The number of nitrogens with one attached hydrogen (secondary N) is 2. The molecule has 0 fully saturated rings. The highest BCUT2D eigenvalue weighted by Crippen LogP contribution is 2.22. The third-order valence-corrected chi connectivity index (χ3v) is 4.12. The molecule has 1 aromatic heterocycles. The number of carbonyl (C=O) groups excluding carboxylic acids is 1. The molecule has 0 aliphatic heterocycles. The number of rotatable bonds is 6. The number of nitro groups is 1. The first kappa shape index (κ1) is 18.2. The van der Waals surface area contributed by atoms with Crippen molar-refractivity contribution in [3.63, 3.8) is 0 Å². The first-order chi connectivity index (χ1) is 11.8. The topological polar surface area (TPSA) is 144 Å². The Bertz CT molecular complexity index is 909. The fourth-order valence-corrected chi connectivity index (χ4v) is 2.65. The van der Waals surface area contributed by atoms with Crippen molar-refractivity contribution >= 4 is 34.9 Å². The van der Waals surface area contributed by atoms with Crippen LogP contribution in [0.3, 0.4) is 0 Å². The molecule has 0 spiro atoms. The summed E-state index contributed by atoms with van der Waals surface area (Å²) < 4.78 is 0. The number of nitrogens with two attached hydrogens (primary N) is 1. The van der Waals surface area contributed by atoms with Gasteiger partial charge in [-0.05, 0) is 13.0 Å². The van der Waals surface area contributed by atoms with Crippen LogP contribution >= 0.6 is 11.8 Å². The third kappa shape index (κ3) is 4.04. The summed E-state index contributed by atoms with van der Waals surface area (Å²) in [4.78, 5) is 41.4. The van der Waals surface area contributed by atoms with E-state index >= 15 is 0 Å². The number of H-pyrrole nitrogens is 1. The lowest BCUT2D eigenvalue weighted by Crippen LogP contribution is -2.23. The van der Waals surface area contributed by atoms with Crippen molar-refractivity contribution in [1.82, 2.24) is 9.97 Å².